The van der Waals surface area contributed by atoms with E-state index < -0.39 is 5.66 Å². The molecule has 0 saturated carbocycles. The number of nitrogens with zero attached hydrogens (tertiary/aromatic N) is 6. The van der Waals surface area contributed by atoms with E-state index in [-0.39, 0.29) is 0 Å². The molecule has 9 heterocycles. The third-order valence-electron chi connectivity index (χ3n) is 11.2. The predicted molar refractivity (Wildman–Crippen MR) is 183 cm³/mol. The molecular weight excluding hydrogens is 576 g/mol. The Balaban J connectivity index is 1.31. The molecule has 6 heteroatoms. The van der Waals surface area contributed by atoms with Crippen LogP contribution in [0.1, 0.15) is 11.1 Å². The highest BCUT2D eigenvalue weighted by molar-refractivity contribution is 6.16. The molecule has 6 aromatic heterocycles. The van der Waals surface area contributed by atoms with Crippen LogP contribution in [0, 0.1) is 0 Å². The number of pyridine rings is 2. The summed E-state index contributed by atoms with van der Waals surface area (Å²) in [5.74, 6) is 1.16. The number of hydrogen-bond acceptors (Lipinski definition) is 0. The lowest BCUT2D eigenvalue weighted by Gasteiger charge is -2.33. The average Bonchev–Trinajstić information content (AvgIpc) is 3.93. The summed E-state index contributed by atoms with van der Waals surface area (Å²) in [7, 11) is 0. The van der Waals surface area contributed by atoms with E-state index in [2.05, 4.69) is 174 Å². The molecule has 0 saturated heterocycles. The van der Waals surface area contributed by atoms with Crippen molar-refractivity contribution in [3.63, 3.8) is 0 Å². The van der Waals surface area contributed by atoms with Crippen molar-refractivity contribution in [3.05, 3.63) is 157 Å². The molecule has 13 rings (SSSR count). The van der Waals surface area contributed by atoms with E-state index in [1.807, 2.05) is 0 Å². The molecule has 0 N–H and O–H groups in total. The molecule has 1 spiro atoms. The van der Waals surface area contributed by atoms with Crippen LogP contribution < -0.4 is 9.25 Å². The van der Waals surface area contributed by atoms with Crippen LogP contribution >= 0.6 is 0 Å². The fourth-order valence-corrected chi connectivity index (χ4v) is 9.52. The first-order chi connectivity index (χ1) is 23.3. The molecule has 1 unspecified atom stereocenters. The maximum atomic E-state index is 2.54. The Kier molecular flexibility index (Phi) is 3.60. The van der Waals surface area contributed by atoms with E-state index in [0.29, 0.717) is 0 Å². The highest BCUT2D eigenvalue weighted by Crippen LogP contribution is 2.54. The standard InChI is InChI=1S/C41H24N6/c1-3-12-32-27(10-1)29-16-19-34-37-39(29)46(32)35-20-17-30-28-11-2-4-13-33(28)47-36-14-6-8-22-43(36)41(37,38(35)40(30)47)45-24-25(23-44(34)45)31-18-15-26-9-5-7-21-42(26)31/h1-24H/q+2. The number of rotatable bonds is 1. The first-order valence-corrected chi connectivity index (χ1v) is 16.2. The fourth-order valence-electron chi connectivity index (χ4n) is 9.52. The quantitative estimate of drug-likeness (QED) is 0.176. The summed E-state index contributed by atoms with van der Waals surface area (Å²) >= 11 is 0. The number of benzene rings is 4. The summed E-state index contributed by atoms with van der Waals surface area (Å²) in [6.45, 7) is 0. The normalized spacial score (nSPS) is 16.6. The molecule has 4 aromatic carbocycles. The van der Waals surface area contributed by atoms with Crippen molar-refractivity contribution in [2.45, 2.75) is 5.66 Å². The van der Waals surface area contributed by atoms with Gasteiger partial charge in [-0.1, -0.05) is 47.1 Å². The summed E-state index contributed by atoms with van der Waals surface area (Å²) in [4.78, 5) is 0. The largest absolute Gasteiger partial charge is 0.394 e. The van der Waals surface area contributed by atoms with E-state index in [9.17, 15) is 0 Å². The number of hydrogen-bond donors (Lipinski definition) is 0. The SMILES string of the molecule is c1cc[n+]2c(c1)-n1c3ccccc3c3ccc4c(c31)C21c2c(ccc3c5ccccc5n-4c23)-n2cc(-c3ccc4ccccn34)c[n+]21. The monoisotopic (exact) mass is 600 g/mol. The minimum Gasteiger partial charge on any atom is -0.316 e. The summed E-state index contributed by atoms with van der Waals surface area (Å²) in [6.07, 6.45) is 9.16. The van der Waals surface area contributed by atoms with Gasteiger partial charge in [-0.15, -0.1) is 4.68 Å². The van der Waals surface area contributed by atoms with Gasteiger partial charge in [-0.2, -0.15) is 9.13 Å². The van der Waals surface area contributed by atoms with Crippen LogP contribution in [0.3, 0.4) is 0 Å². The summed E-state index contributed by atoms with van der Waals surface area (Å²) in [5.41, 5.74) is 13.0. The molecule has 3 aliphatic rings. The molecule has 0 radical (unpaired) electrons. The van der Waals surface area contributed by atoms with Gasteiger partial charge < -0.3 is 8.97 Å². The zero-order chi connectivity index (χ0) is 30.2. The van der Waals surface area contributed by atoms with Gasteiger partial charge in [-0.25, -0.2) is 0 Å². The van der Waals surface area contributed by atoms with Gasteiger partial charge >= 0.3 is 5.66 Å². The van der Waals surface area contributed by atoms with Crippen LogP contribution in [0.4, 0.5) is 0 Å². The fraction of sp³-hybridized carbons (Fsp3) is 0.0244. The first-order valence-electron chi connectivity index (χ1n) is 16.2. The van der Waals surface area contributed by atoms with Crippen LogP contribution in [0.15, 0.2) is 146 Å². The highest BCUT2D eigenvalue weighted by Gasteiger charge is 2.68. The van der Waals surface area contributed by atoms with E-state index in [1.54, 1.807) is 0 Å². The van der Waals surface area contributed by atoms with Crippen LogP contribution in [0.5, 0.6) is 0 Å². The molecule has 0 fully saturated rings. The van der Waals surface area contributed by atoms with Crippen molar-refractivity contribution < 1.29 is 9.25 Å². The molecule has 3 aliphatic heterocycles. The lowest BCUT2D eigenvalue weighted by Crippen LogP contribution is -2.76. The van der Waals surface area contributed by atoms with E-state index >= 15 is 0 Å². The van der Waals surface area contributed by atoms with Gasteiger partial charge in [0.2, 0.25) is 6.20 Å². The number of para-hydroxylation sites is 2. The van der Waals surface area contributed by atoms with Crippen LogP contribution in [-0.4, -0.2) is 18.2 Å². The molecule has 0 aliphatic carbocycles. The maximum absolute atomic E-state index is 2.54. The van der Waals surface area contributed by atoms with Crippen molar-refractivity contribution in [2.24, 2.45) is 0 Å². The maximum Gasteiger partial charge on any atom is 0.394 e. The molecule has 47 heavy (non-hydrogen) atoms. The first kappa shape index (κ1) is 23.0. The lowest BCUT2D eigenvalue weighted by molar-refractivity contribution is -0.993. The minimum absolute atomic E-state index is 0.652. The smallest absolute Gasteiger partial charge is 0.316 e. The second-order valence-corrected chi connectivity index (χ2v) is 13.1. The molecule has 216 valence electrons. The van der Waals surface area contributed by atoms with Gasteiger partial charge in [0.15, 0.2) is 5.52 Å². The average molecular weight is 601 g/mol. The van der Waals surface area contributed by atoms with Crippen molar-refractivity contribution in [2.75, 3.05) is 0 Å². The lowest BCUT2D eigenvalue weighted by atomic mass is 9.82. The van der Waals surface area contributed by atoms with Gasteiger partial charge in [-0.05, 0) is 72.8 Å². The topological polar surface area (TPSA) is 27.0 Å². The van der Waals surface area contributed by atoms with Crippen LogP contribution in [0.2, 0.25) is 0 Å². The third kappa shape index (κ3) is 2.28. The zero-order valence-electron chi connectivity index (χ0n) is 25.0. The van der Waals surface area contributed by atoms with Gasteiger partial charge in [0, 0.05) is 39.3 Å². The zero-order valence-corrected chi connectivity index (χ0v) is 25.0. The Morgan fingerprint density at radius 3 is 2.11 bits per heavy atom. The summed E-state index contributed by atoms with van der Waals surface area (Å²) < 4.78 is 14.8. The number of fused-ring (bicyclic) bond motifs is 12. The second-order valence-electron chi connectivity index (χ2n) is 13.1. The Morgan fingerprint density at radius 2 is 1.26 bits per heavy atom. The van der Waals surface area contributed by atoms with E-state index in [4.69, 9.17) is 0 Å². The van der Waals surface area contributed by atoms with Crippen molar-refractivity contribution >= 4 is 49.1 Å². The van der Waals surface area contributed by atoms with Gasteiger partial charge in [0.05, 0.1) is 40.4 Å². The van der Waals surface area contributed by atoms with Crippen molar-refractivity contribution in [3.8, 4) is 28.5 Å². The Morgan fingerprint density at radius 1 is 0.553 bits per heavy atom. The van der Waals surface area contributed by atoms with Gasteiger partial charge in [-0.3, -0.25) is 0 Å². The van der Waals surface area contributed by atoms with Gasteiger partial charge in [0.1, 0.15) is 22.3 Å². The minimum atomic E-state index is -0.652. The van der Waals surface area contributed by atoms with Crippen LogP contribution in [-0.2, 0) is 5.66 Å². The predicted octanol–water partition coefficient (Wildman–Crippen LogP) is 7.40. The molecule has 1 atom stereocenters. The molecule has 6 nitrogen and oxygen atoms in total. The highest BCUT2D eigenvalue weighted by atomic mass is 15.5. The van der Waals surface area contributed by atoms with Crippen molar-refractivity contribution in [1.82, 2.24) is 18.2 Å². The van der Waals surface area contributed by atoms with Crippen LogP contribution in [0.25, 0.3) is 77.6 Å². The molecular formula is C41H24N6+2. The summed E-state index contributed by atoms with van der Waals surface area (Å²) in [5, 5.41) is 5.13. The molecule has 10 aromatic rings. The Labute approximate surface area is 267 Å². The molecule has 0 bridgehead atoms. The number of aromatic nitrogens is 6. The second kappa shape index (κ2) is 7.35. The Hall–Kier alpha value is -6.40. The third-order valence-corrected chi connectivity index (χ3v) is 11.2. The Bertz CT molecular complexity index is 3090. The van der Waals surface area contributed by atoms with Crippen molar-refractivity contribution in [1.29, 1.82) is 0 Å². The van der Waals surface area contributed by atoms with E-state index in [0.717, 1.165) is 5.82 Å². The molecule has 0 amide bonds. The van der Waals surface area contributed by atoms with E-state index in [1.165, 1.54) is 82.9 Å². The van der Waals surface area contributed by atoms with Gasteiger partial charge in [0.25, 0.3) is 5.82 Å². The summed E-state index contributed by atoms with van der Waals surface area (Å²) in [6, 6.07) is 44.7.